The summed E-state index contributed by atoms with van der Waals surface area (Å²) in [5.41, 5.74) is 7.95. The second-order valence-corrected chi connectivity index (χ2v) is 14.1. The maximum absolute atomic E-state index is 13.5. The number of hydrazone groups is 1. The number of nitrogens with one attached hydrogen (secondary N) is 1. The number of aromatic nitrogens is 3. The number of amides is 1. The highest BCUT2D eigenvalue weighted by molar-refractivity contribution is 9.10. The van der Waals surface area contributed by atoms with E-state index in [-0.39, 0.29) is 5.91 Å². The average Bonchev–Trinajstić information content (AvgIpc) is 3.67. The Morgan fingerprint density at radius 2 is 1.88 bits per heavy atom. The minimum Gasteiger partial charge on any atom is -0.267 e. The highest BCUT2D eigenvalue weighted by Gasteiger charge is 2.56. The number of rotatable bonds is 6. The lowest BCUT2D eigenvalue weighted by atomic mass is 9.48. The molecule has 6 saturated carbocycles. The van der Waals surface area contributed by atoms with Gasteiger partial charge >= 0.3 is 0 Å². The number of hydrogen-bond acceptors (Lipinski definition) is 4. The topological polar surface area (TPSA) is 72.2 Å². The van der Waals surface area contributed by atoms with Crippen LogP contribution < -0.4 is 5.43 Å². The van der Waals surface area contributed by atoms with E-state index in [1.807, 2.05) is 17.8 Å². The van der Waals surface area contributed by atoms with Crippen LogP contribution in [0.15, 0.2) is 11.2 Å². The molecule has 0 radical (unpaired) electrons. The van der Waals surface area contributed by atoms with Gasteiger partial charge in [0.2, 0.25) is 0 Å². The Bertz CT molecular complexity index is 1210. The monoisotopic (exact) mass is 523 g/mol. The van der Waals surface area contributed by atoms with Crippen molar-refractivity contribution in [2.45, 2.75) is 93.7 Å². The van der Waals surface area contributed by atoms with Crippen LogP contribution in [0.25, 0.3) is 11.0 Å². The smallest absolute Gasteiger partial charge is 0.267 e. The molecule has 34 heavy (non-hydrogen) atoms. The van der Waals surface area contributed by atoms with Crippen LogP contribution >= 0.6 is 15.9 Å². The molecule has 4 bridgehead atoms. The number of hydrogen-bond donors (Lipinski definition) is 1. The van der Waals surface area contributed by atoms with Crippen molar-refractivity contribution in [1.29, 1.82) is 0 Å². The van der Waals surface area contributed by atoms with Crippen LogP contribution in [0.1, 0.15) is 111 Å². The van der Waals surface area contributed by atoms with Crippen molar-refractivity contribution in [3.8, 4) is 0 Å². The van der Waals surface area contributed by atoms with Gasteiger partial charge in [0, 0.05) is 34.6 Å². The van der Waals surface area contributed by atoms with Crippen LogP contribution in [0.2, 0.25) is 0 Å². The largest absolute Gasteiger partial charge is 0.272 e. The molecule has 2 aromatic heterocycles. The molecule has 6 fully saturated rings. The summed E-state index contributed by atoms with van der Waals surface area (Å²) in [6, 6.07) is 2.02. The van der Waals surface area contributed by atoms with Crippen LogP contribution in [0.5, 0.6) is 0 Å². The van der Waals surface area contributed by atoms with E-state index in [2.05, 4.69) is 33.4 Å². The Morgan fingerprint density at radius 1 is 1.18 bits per heavy atom. The molecule has 6 aliphatic rings. The van der Waals surface area contributed by atoms with E-state index >= 15 is 0 Å². The van der Waals surface area contributed by atoms with E-state index in [1.165, 1.54) is 38.5 Å². The van der Waals surface area contributed by atoms with Crippen LogP contribution in [-0.4, -0.2) is 30.7 Å². The lowest BCUT2D eigenvalue weighted by Gasteiger charge is -2.60. The zero-order valence-corrected chi connectivity index (χ0v) is 21.8. The molecule has 1 N–H and O–H groups in total. The third-order valence-electron chi connectivity index (χ3n) is 9.13. The number of pyridine rings is 1. The predicted octanol–water partition coefficient (Wildman–Crippen LogP) is 5.95. The standard InChI is InChI=1S/C27H34BrN5O/c1-15(9-26-10-16-7-17(11-26)13-27(28,12-16)14-26)30-31-25(34)20-8-21(18-3-4-18)29-24-22(20)23(19-5-6-19)32-33(24)2/h8,16-19H,3-7,9-14H2,1-2H3,(H,31,34)/b30-15-. The Morgan fingerprint density at radius 3 is 2.53 bits per heavy atom. The molecule has 0 spiro atoms. The Labute approximate surface area is 209 Å². The number of carbonyl (C=O) groups is 1. The van der Waals surface area contributed by atoms with Gasteiger partial charge in [-0.05, 0) is 101 Å². The molecule has 6 nitrogen and oxygen atoms in total. The first-order valence-corrected chi connectivity index (χ1v) is 14.0. The molecule has 6 aliphatic carbocycles. The molecule has 2 heterocycles. The fourth-order valence-corrected chi connectivity index (χ4v) is 9.55. The second-order valence-electron chi connectivity index (χ2n) is 12.4. The van der Waals surface area contributed by atoms with E-state index in [9.17, 15) is 4.79 Å². The van der Waals surface area contributed by atoms with Crippen molar-refractivity contribution in [3.63, 3.8) is 0 Å². The van der Waals surface area contributed by atoms with E-state index in [0.29, 0.717) is 27.1 Å². The van der Waals surface area contributed by atoms with Gasteiger partial charge in [0.25, 0.3) is 5.91 Å². The lowest BCUT2D eigenvalue weighted by molar-refractivity contribution is -0.0303. The van der Waals surface area contributed by atoms with Gasteiger partial charge in [0.1, 0.15) is 0 Å². The molecule has 0 aromatic carbocycles. The van der Waals surface area contributed by atoms with Crippen molar-refractivity contribution in [2.75, 3.05) is 0 Å². The van der Waals surface area contributed by atoms with Crippen LogP contribution in [0, 0.1) is 17.3 Å². The van der Waals surface area contributed by atoms with Gasteiger partial charge in [-0.3, -0.25) is 9.48 Å². The van der Waals surface area contributed by atoms with Crippen LogP contribution in [-0.2, 0) is 7.05 Å². The van der Waals surface area contributed by atoms with Crippen molar-refractivity contribution in [3.05, 3.63) is 23.0 Å². The van der Waals surface area contributed by atoms with Gasteiger partial charge in [0.15, 0.2) is 5.65 Å². The summed E-state index contributed by atoms with van der Waals surface area (Å²) in [5, 5.41) is 10.4. The van der Waals surface area contributed by atoms with Gasteiger partial charge in [-0.15, -0.1) is 0 Å². The van der Waals surface area contributed by atoms with E-state index in [4.69, 9.17) is 10.1 Å². The highest BCUT2D eigenvalue weighted by atomic mass is 79.9. The maximum atomic E-state index is 13.5. The fourth-order valence-electron chi connectivity index (χ4n) is 8.04. The molecular formula is C27H34BrN5O. The van der Waals surface area contributed by atoms with Gasteiger partial charge in [-0.1, -0.05) is 15.9 Å². The second kappa shape index (κ2) is 7.37. The lowest BCUT2D eigenvalue weighted by Crippen LogP contribution is -2.53. The molecule has 180 valence electrons. The Kier molecular flexibility index (Phi) is 4.67. The summed E-state index contributed by atoms with van der Waals surface area (Å²) < 4.78 is 2.21. The van der Waals surface area contributed by atoms with E-state index in [1.54, 1.807) is 0 Å². The fraction of sp³-hybridized carbons (Fsp3) is 0.704. The van der Waals surface area contributed by atoms with Crippen molar-refractivity contribution in [1.82, 2.24) is 20.2 Å². The molecule has 2 unspecified atom stereocenters. The zero-order chi connectivity index (χ0) is 23.2. The third-order valence-corrected chi connectivity index (χ3v) is 10.1. The number of aryl methyl sites for hydroxylation is 1. The summed E-state index contributed by atoms with van der Waals surface area (Å²) in [6.07, 6.45) is 13.6. The third kappa shape index (κ3) is 3.64. The minimum atomic E-state index is -0.119. The highest BCUT2D eigenvalue weighted by Crippen LogP contribution is 2.65. The molecule has 0 aliphatic heterocycles. The summed E-state index contributed by atoms with van der Waals surface area (Å²) in [7, 11) is 1.95. The molecular weight excluding hydrogens is 490 g/mol. The predicted molar refractivity (Wildman–Crippen MR) is 136 cm³/mol. The van der Waals surface area contributed by atoms with Crippen LogP contribution in [0.4, 0.5) is 0 Å². The minimum absolute atomic E-state index is 0.119. The molecule has 0 saturated heterocycles. The van der Waals surface area contributed by atoms with Crippen molar-refractivity contribution >= 4 is 38.6 Å². The van der Waals surface area contributed by atoms with E-state index < -0.39 is 0 Å². The number of alkyl halides is 1. The number of fused-ring (bicyclic) bond motifs is 1. The van der Waals surface area contributed by atoms with Gasteiger partial charge < -0.3 is 0 Å². The van der Waals surface area contributed by atoms with Gasteiger partial charge in [-0.2, -0.15) is 10.2 Å². The van der Waals surface area contributed by atoms with Crippen molar-refractivity contribution < 1.29 is 4.79 Å². The molecule has 1 amide bonds. The Balaban J connectivity index is 1.15. The average molecular weight is 525 g/mol. The summed E-state index contributed by atoms with van der Waals surface area (Å²) in [5.74, 6) is 2.54. The SMILES string of the molecule is C/C(CC12CC3CC(CC(Br)(C3)C1)C2)=N/NC(=O)c1cc(C2CC2)nc2c1c(C1CC1)nn2C. The zero-order valence-electron chi connectivity index (χ0n) is 20.2. The first kappa shape index (κ1) is 21.5. The van der Waals surface area contributed by atoms with E-state index in [0.717, 1.165) is 72.1 Å². The number of nitrogens with zero attached hydrogens (tertiary/aromatic N) is 4. The van der Waals surface area contributed by atoms with Crippen LogP contribution in [0.3, 0.4) is 0 Å². The summed E-state index contributed by atoms with van der Waals surface area (Å²) >= 11 is 4.12. The summed E-state index contributed by atoms with van der Waals surface area (Å²) in [4.78, 5) is 18.4. The Hall–Kier alpha value is -1.76. The normalized spacial score (nSPS) is 34.7. The maximum Gasteiger partial charge on any atom is 0.272 e. The summed E-state index contributed by atoms with van der Waals surface area (Å²) in [6.45, 7) is 2.09. The molecule has 2 aromatic rings. The van der Waals surface area contributed by atoms with Crippen molar-refractivity contribution in [2.24, 2.45) is 29.4 Å². The van der Waals surface area contributed by atoms with Gasteiger partial charge in [0.05, 0.1) is 16.6 Å². The molecule has 7 heteroatoms. The molecule has 8 rings (SSSR count). The van der Waals surface area contributed by atoms with Gasteiger partial charge in [-0.25, -0.2) is 10.4 Å². The number of halogens is 1. The first-order chi connectivity index (χ1) is 16.3. The quantitative estimate of drug-likeness (QED) is 0.288. The molecule has 2 atom stereocenters. The number of carbonyl (C=O) groups excluding carboxylic acids is 1. The first-order valence-electron chi connectivity index (χ1n) is 13.2.